The number of hydrogen-bond acceptors (Lipinski definition) is 3. The SMILES string of the molecule is CC(C)CCC(C)(N)C(O)O. The molecule has 1 atom stereocenters. The van der Waals surface area contributed by atoms with Gasteiger partial charge in [-0.1, -0.05) is 13.8 Å². The molecule has 0 heterocycles. The molecule has 0 amide bonds. The molecule has 1 unspecified atom stereocenters. The van der Waals surface area contributed by atoms with Gasteiger partial charge in [0.1, 0.15) is 0 Å². The maximum absolute atomic E-state index is 8.82. The van der Waals surface area contributed by atoms with Crippen LogP contribution < -0.4 is 5.73 Å². The van der Waals surface area contributed by atoms with E-state index >= 15 is 0 Å². The van der Waals surface area contributed by atoms with Crippen molar-refractivity contribution < 1.29 is 10.2 Å². The monoisotopic (exact) mass is 161 g/mol. The summed E-state index contributed by atoms with van der Waals surface area (Å²) in [6.45, 7) is 5.82. The lowest BCUT2D eigenvalue weighted by atomic mass is 9.92. The fourth-order valence-corrected chi connectivity index (χ4v) is 0.729. The highest BCUT2D eigenvalue weighted by atomic mass is 16.5. The van der Waals surface area contributed by atoms with Crippen molar-refractivity contribution in [1.29, 1.82) is 0 Å². The van der Waals surface area contributed by atoms with Crippen molar-refractivity contribution in [2.24, 2.45) is 11.7 Å². The highest BCUT2D eigenvalue weighted by Crippen LogP contribution is 2.16. The third-order valence-corrected chi connectivity index (χ3v) is 1.85. The summed E-state index contributed by atoms with van der Waals surface area (Å²) in [6.07, 6.45) is 0.147. The molecule has 0 rings (SSSR count). The summed E-state index contributed by atoms with van der Waals surface area (Å²) in [5.74, 6) is 0.552. The minimum absolute atomic E-state index is 0.552. The van der Waals surface area contributed by atoms with Crippen LogP contribution in [0.4, 0.5) is 0 Å². The Hall–Kier alpha value is -0.120. The fourth-order valence-electron chi connectivity index (χ4n) is 0.729. The largest absolute Gasteiger partial charge is 0.367 e. The predicted molar refractivity (Wildman–Crippen MR) is 44.9 cm³/mol. The molecule has 4 N–H and O–H groups in total. The summed E-state index contributed by atoms with van der Waals surface area (Å²) in [5.41, 5.74) is 4.75. The van der Waals surface area contributed by atoms with Crippen molar-refractivity contribution in [1.82, 2.24) is 0 Å². The second-order valence-corrected chi connectivity index (χ2v) is 3.81. The molecule has 0 fully saturated rings. The first kappa shape index (κ1) is 10.9. The second-order valence-electron chi connectivity index (χ2n) is 3.81. The van der Waals surface area contributed by atoms with E-state index in [4.69, 9.17) is 15.9 Å². The van der Waals surface area contributed by atoms with E-state index in [-0.39, 0.29) is 0 Å². The Balaban J connectivity index is 3.73. The normalized spacial score (nSPS) is 17.5. The van der Waals surface area contributed by atoms with E-state index in [1.54, 1.807) is 6.92 Å². The lowest BCUT2D eigenvalue weighted by molar-refractivity contribution is -0.0938. The summed E-state index contributed by atoms with van der Waals surface area (Å²) >= 11 is 0. The molecule has 0 aromatic rings. The van der Waals surface area contributed by atoms with Gasteiger partial charge in [0.25, 0.3) is 0 Å². The van der Waals surface area contributed by atoms with E-state index in [2.05, 4.69) is 13.8 Å². The van der Waals surface area contributed by atoms with E-state index in [0.29, 0.717) is 12.3 Å². The van der Waals surface area contributed by atoms with E-state index in [9.17, 15) is 0 Å². The van der Waals surface area contributed by atoms with Crippen molar-refractivity contribution in [3.63, 3.8) is 0 Å². The first-order valence-electron chi connectivity index (χ1n) is 4.01. The van der Waals surface area contributed by atoms with Crippen molar-refractivity contribution in [2.75, 3.05) is 0 Å². The number of aliphatic hydroxyl groups excluding tert-OH is 1. The van der Waals surface area contributed by atoms with Crippen LogP contribution >= 0.6 is 0 Å². The molecule has 11 heavy (non-hydrogen) atoms. The standard InChI is InChI=1S/C8H19NO2/c1-6(2)4-5-8(3,9)7(10)11/h6-7,10-11H,4-5,9H2,1-3H3. The van der Waals surface area contributed by atoms with Gasteiger partial charge in [-0.3, -0.25) is 0 Å². The Morgan fingerprint density at radius 1 is 1.36 bits per heavy atom. The van der Waals surface area contributed by atoms with Crippen LogP contribution in [0.25, 0.3) is 0 Å². The number of rotatable bonds is 4. The molecular weight excluding hydrogens is 142 g/mol. The van der Waals surface area contributed by atoms with Gasteiger partial charge in [0, 0.05) is 0 Å². The quantitative estimate of drug-likeness (QED) is 0.524. The zero-order chi connectivity index (χ0) is 9.07. The molecule has 0 saturated carbocycles. The first-order valence-corrected chi connectivity index (χ1v) is 4.01. The van der Waals surface area contributed by atoms with Crippen LogP contribution in [0.15, 0.2) is 0 Å². The van der Waals surface area contributed by atoms with Gasteiger partial charge in [0.05, 0.1) is 5.54 Å². The molecule has 0 saturated heterocycles. The predicted octanol–water partition coefficient (Wildman–Crippen LogP) is 0.451. The first-order chi connectivity index (χ1) is 4.86. The van der Waals surface area contributed by atoms with Gasteiger partial charge >= 0.3 is 0 Å². The summed E-state index contributed by atoms with van der Waals surface area (Å²) in [6, 6.07) is 0. The minimum Gasteiger partial charge on any atom is -0.367 e. The molecule has 0 radical (unpaired) electrons. The van der Waals surface area contributed by atoms with Gasteiger partial charge in [0.15, 0.2) is 6.29 Å². The highest BCUT2D eigenvalue weighted by molar-refractivity contribution is 4.80. The van der Waals surface area contributed by atoms with Crippen LogP contribution in [0.3, 0.4) is 0 Å². The van der Waals surface area contributed by atoms with Crippen molar-refractivity contribution in [3.05, 3.63) is 0 Å². The molecular formula is C8H19NO2. The number of hydrogen-bond donors (Lipinski definition) is 3. The van der Waals surface area contributed by atoms with Gasteiger partial charge in [-0.05, 0) is 25.7 Å². The van der Waals surface area contributed by atoms with Crippen LogP contribution in [0, 0.1) is 5.92 Å². The zero-order valence-corrected chi connectivity index (χ0v) is 7.54. The second kappa shape index (κ2) is 4.04. The molecule has 0 aromatic carbocycles. The smallest absolute Gasteiger partial charge is 0.169 e. The Bertz CT molecular complexity index is 111. The average molecular weight is 161 g/mol. The van der Waals surface area contributed by atoms with Crippen molar-refractivity contribution >= 4 is 0 Å². The Kier molecular flexibility index (Phi) is 4.00. The van der Waals surface area contributed by atoms with Crippen LogP contribution in [0.1, 0.15) is 33.6 Å². The van der Waals surface area contributed by atoms with E-state index in [1.165, 1.54) is 0 Å². The number of nitrogens with two attached hydrogens (primary N) is 1. The summed E-state index contributed by atoms with van der Waals surface area (Å²) in [4.78, 5) is 0. The van der Waals surface area contributed by atoms with Gasteiger partial charge in [0.2, 0.25) is 0 Å². The molecule has 0 spiro atoms. The molecule has 0 aliphatic carbocycles. The van der Waals surface area contributed by atoms with Crippen molar-refractivity contribution in [2.45, 2.75) is 45.4 Å². The Labute approximate surface area is 68.2 Å². The molecule has 0 bridgehead atoms. The molecule has 3 heteroatoms. The minimum atomic E-state index is -1.42. The van der Waals surface area contributed by atoms with Crippen LogP contribution in [0.5, 0.6) is 0 Å². The molecule has 0 aliphatic heterocycles. The topological polar surface area (TPSA) is 66.5 Å². The van der Waals surface area contributed by atoms with Gasteiger partial charge < -0.3 is 15.9 Å². The van der Waals surface area contributed by atoms with Gasteiger partial charge in [-0.15, -0.1) is 0 Å². The maximum atomic E-state index is 8.82. The van der Waals surface area contributed by atoms with Crippen LogP contribution in [0.2, 0.25) is 0 Å². The summed E-state index contributed by atoms with van der Waals surface area (Å²) < 4.78 is 0. The van der Waals surface area contributed by atoms with E-state index in [1.807, 2.05) is 0 Å². The average Bonchev–Trinajstić information content (AvgIpc) is 1.84. The van der Waals surface area contributed by atoms with Gasteiger partial charge in [-0.2, -0.15) is 0 Å². The number of aliphatic hydroxyl groups is 2. The molecule has 3 nitrogen and oxygen atoms in total. The highest BCUT2D eigenvalue weighted by Gasteiger charge is 2.26. The fraction of sp³-hybridized carbons (Fsp3) is 1.00. The Morgan fingerprint density at radius 2 is 1.82 bits per heavy atom. The molecule has 0 aliphatic rings. The van der Waals surface area contributed by atoms with Crippen molar-refractivity contribution in [3.8, 4) is 0 Å². The lowest BCUT2D eigenvalue weighted by Crippen LogP contribution is -2.48. The maximum Gasteiger partial charge on any atom is 0.169 e. The van der Waals surface area contributed by atoms with Crippen LogP contribution in [-0.4, -0.2) is 22.0 Å². The lowest BCUT2D eigenvalue weighted by Gasteiger charge is -2.27. The third kappa shape index (κ3) is 4.35. The summed E-state index contributed by atoms with van der Waals surface area (Å²) in [7, 11) is 0. The van der Waals surface area contributed by atoms with E-state index < -0.39 is 11.8 Å². The molecule has 0 aromatic heterocycles. The Morgan fingerprint density at radius 3 is 2.09 bits per heavy atom. The van der Waals surface area contributed by atoms with E-state index in [0.717, 1.165) is 6.42 Å². The van der Waals surface area contributed by atoms with Crippen LogP contribution in [-0.2, 0) is 0 Å². The third-order valence-electron chi connectivity index (χ3n) is 1.85. The zero-order valence-electron chi connectivity index (χ0n) is 7.54. The van der Waals surface area contributed by atoms with Gasteiger partial charge in [-0.25, -0.2) is 0 Å². The summed E-state index contributed by atoms with van der Waals surface area (Å²) in [5, 5.41) is 17.6. The molecule has 68 valence electrons.